The largest absolute Gasteiger partial charge is 0.481 e. The van der Waals surface area contributed by atoms with E-state index >= 15 is 0 Å². The average Bonchev–Trinajstić information content (AvgIpc) is 2.55. The van der Waals surface area contributed by atoms with Crippen LogP contribution >= 0.6 is 11.6 Å². The quantitative estimate of drug-likeness (QED) is 0.786. The van der Waals surface area contributed by atoms with Crippen LogP contribution in [0.1, 0.15) is 12.5 Å². The molecule has 2 aromatic carbocycles. The molecule has 2 aromatic rings. The van der Waals surface area contributed by atoms with Crippen LogP contribution in [0.15, 0.2) is 47.4 Å². The number of hydrogen-bond acceptors (Lipinski definition) is 4. The van der Waals surface area contributed by atoms with Crippen molar-refractivity contribution in [1.29, 1.82) is 0 Å². The molecule has 27 heavy (non-hydrogen) atoms. The highest BCUT2D eigenvalue weighted by Gasteiger charge is 2.33. The summed E-state index contributed by atoms with van der Waals surface area (Å²) in [4.78, 5) is 12.2. The smallest absolute Gasteiger partial charge is 0.417 e. The topological polar surface area (TPSA) is 72.5 Å². The predicted molar refractivity (Wildman–Crippen MR) is 94.7 cm³/mol. The Hall–Kier alpha value is -2.26. The third-order valence-corrected chi connectivity index (χ3v) is 4.93. The normalized spacial score (nSPS) is 13.1. The Morgan fingerprint density at radius 1 is 1.15 bits per heavy atom. The summed E-state index contributed by atoms with van der Waals surface area (Å²) >= 11 is 5.53. The predicted octanol–water partition coefficient (Wildman–Crippen LogP) is 4.17. The van der Waals surface area contributed by atoms with Crippen molar-refractivity contribution in [2.75, 3.05) is 11.6 Å². The number of carbonyl (C=O) groups is 1. The van der Waals surface area contributed by atoms with Crippen molar-refractivity contribution in [3.63, 3.8) is 0 Å². The minimum Gasteiger partial charge on any atom is -0.481 e. The van der Waals surface area contributed by atoms with Gasteiger partial charge in [-0.2, -0.15) is 13.2 Å². The number of alkyl halides is 3. The van der Waals surface area contributed by atoms with E-state index in [0.29, 0.717) is 0 Å². The molecule has 0 saturated carbocycles. The Bertz CT molecular complexity index is 944. The van der Waals surface area contributed by atoms with Gasteiger partial charge in [-0.15, -0.1) is 0 Å². The molecule has 146 valence electrons. The molecule has 1 unspecified atom stereocenters. The van der Waals surface area contributed by atoms with E-state index in [4.69, 9.17) is 16.3 Å². The van der Waals surface area contributed by atoms with Gasteiger partial charge in [-0.25, -0.2) is 8.42 Å². The fourth-order valence-corrected chi connectivity index (χ4v) is 2.94. The molecule has 10 heteroatoms. The molecule has 1 amide bonds. The summed E-state index contributed by atoms with van der Waals surface area (Å²) in [5, 5.41) is 1.84. The molecule has 0 aliphatic heterocycles. The first-order valence-corrected chi connectivity index (χ1v) is 9.79. The molecule has 0 radical (unpaired) electrons. The minimum absolute atomic E-state index is 0.0837. The van der Waals surface area contributed by atoms with E-state index in [1.54, 1.807) is 0 Å². The third-order valence-electron chi connectivity index (χ3n) is 3.47. The fourth-order valence-electron chi connectivity index (χ4n) is 2.09. The molecule has 1 N–H and O–H groups in total. The molecular formula is C17H15ClF3NO4S. The van der Waals surface area contributed by atoms with Crippen LogP contribution in [0.4, 0.5) is 18.9 Å². The molecular weight excluding hydrogens is 407 g/mol. The maximum absolute atomic E-state index is 12.9. The van der Waals surface area contributed by atoms with Crippen LogP contribution in [0.3, 0.4) is 0 Å². The Balaban J connectivity index is 2.08. The number of rotatable bonds is 5. The Kier molecular flexibility index (Phi) is 6.06. The van der Waals surface area contributed by atoms with Crippen molar-refractivity contribution in [2.45, 2.75) is 24.1 Å². The van der Waals surface area contributed by atoms with Crippen molar-refractivity contribution < 1.29 is 31.1 Å². The first kappa shape index (κ1) is 21.0. The number of sulfone groups is 1. The molecule has 0 bridgehead atoms. The van der Waals surface area contributed by atoms with Gasteiger partial charge in [-0.1, -0.05) is 11.6 Å². The van der Waals surface area contributed by atoms with Gasteiger partial charge in [0.1, 0.15) is 5.75 Å². The highest BCUT2D eigenvalue weighted by atomic mass is 35.5. The fraction of sp³-hybridized carbons (Fsp3) is 0.235. The standard InChI is InChI=1S/C17H15ClF3NO4S/c1-10(26-12-4-6-13(7-5-12)27(2,24)25)16(23)22-11-3-8-15(18)14(9-11)17(19,20)21/h3-10H,1-2H3,(H,22,23). The lowest BCUT2D eigenvalue weighted by atomic mass is 10.2. The van der Waals surface area contributed by atoms with Crippen molar-refractivity contribution in [1.82, 2.24) is 0 Å². The monoisotopic (exact) mass is 421 g/mol. The van der Waals surface area contributed by atoms with Gasteiger partial charge >= 0.3 is 6.18 Å². The van der Waals surface area contributed by atoms with E-state index in [1.807, 2.05) is 0 Å². The number of carbonyl (C=O) groups excluding carboxylic acids is 1. The Morgan fingerprint density at radius 3 is 2.26 bits per heavy atom. The molecule has 0 heterocycles. The number of amides is 1. The van der Waals surface area contributed by atoms with Crippen molar-refractivity contribution in [3.8, 4) is 5.75 Å². The zero-order valence-corrected chi connectivity index (χ0v) is 15.7. The van der Waals surface area contributed by atoms with Crippen LogP contribution in [-0.4, -0.2) is 26.7 Å². The van der Waals surface area contributed by atoms with Crippen LogP contribution in [0.2, 0.25) is 5.02 Å². The van der Waals surface area contributed by atoms with Gasteiger partial charge in [0.15, 0.2) is 15.9 Å². The molecule has 0 spiro atoms. The van der Waals surface area contributed by atoms with Gasteiger partial charge in [0.05, 0.1) is 15.5 Å². The third kappa shape index (κ3) is 5.61. The number of benzene rings is 2. The summed E-state index contributed by atoms with van der Waals surface area (Å²) < 4.78 is 66.8. The van der Waals surface area contributed by atoms with E-state index < -0.39 is 38.6 Å². The van der Waals surface area contributed by atoms with Crippen LogP contribution in [-0.2, 0) is 20.8 Å². The van der Waals surface area contributed by atoms with E-state index in [-0.39, 0.29) is 16.3 Å². The molecule has 0 aromatic heterocycles. The van der Waals surface area contributed by atoms with Crippen LogP contribution < -0.4 is 10.1 Å². The lowest BCUT2D eigenvalue weighted by Crippen LogP contribution is -2.30. The van der Waals surface area contributed by atoms with Crippen molar-refractivity contribution in [2.24, 2.45) is 0 Å². The summed E-state index contributed by atoms with van der Waals surface area (Å²) in [6.07, 6.45) is -4.64. The van der Waals surface area contributed by atoms with Gasteiger partial charge in [-0.3, -0.25) is 4.79 Å². The zero-order chi connectivity index (χ0) is 20.4. The maximum atomic E-state index is 12.9. The summed E-state index contributed by atoms with van der Waals surface area (Å²) in [5.41, 5.74) is -1.15. The number of hydrogen-bond donors (Lipinski definition) is 1. The molecule has 5 nitrogen and oxygen atoms in total. The van der Waals surface area contributed by atoms with Gasteiger partial charge < -0.3 is 10.1 Å². The highest BCUT2D eigenvalue weighted by molar-refractivity contribution is 7.90. The van der Waals surface area contributed by atoms with Gasteiger partial charge in [0, 0.05) is 11.9 Å². The van der Waals surface area contributed by atoms with Crippen LogP contribution in [0.25, 0.3) is 0 Å². The van der Waals surface area contributed by atoms with Crippen molar-refractivity contribution >= 4 is 33.0 Å². The molecule has 0 aliphatic rings. The summed E-state index contributed by atoms with van der Waals surface area (Å²) in [5.74, 6) is -0.449. The first-order chi connectivity index (χ1) is 12.4. The molecule has 0 fully saturated rings. The second kappa shape index (κ2) is 7.77. The average molecular weight is 422 g/mol. The minimum atomic E-state index is -4.65. The van der Waals surface area contributed by atoms with Crippen molar-refractivity contribution in [3.05, 3.63) is 53.1 Å². The molecule has 2 rings (SSSR count). The Morgan fingerprint density at radius 2 is 1.74 bits per heavy atom. The zero-order valence-electron chi connectivity index (χ0n) is 14.2. The SMILES string of the molecule is CC(Oc1ccc(S(C)(=O)=O)cc1)C(=O)Nc1ccc(Cl)c(C(F)(F)F)c1. The van der Waals surface area contributed by atoms with E-state index in [2.05, 4.69) is 5.32 Å². The first-order valence-electron chi connectivity index (χ1n) is 7.52. The van der Waals surface area contributed by atoms with Gasteiger partial charge in [-0.05, 0) is 49.4 Å². The van der Waals surface area contributed by atoms with Crippen LogP contribution in [0, 0.1) is 0 Å². The van der Waals surface area contributed by atoms with Gasteiger partial charge in [0.25, 0.3) is 5.91 Å². The van der Waals surface area contributed by atoms with E-state index in [0.717, 1.165) is 18.4 Å². The lowest BCUT2D eigenvalue weighted by molar-refractivity contribution is -0.137. The maximum Gasteiger partial charge on any atom is 0.417 e. The molecule has 0 saturated heterocycles. The summed E-state index contributed by atoms with van der Waals surface area (Å²) in [6.45, 7) is 1.40. The number of halogens is 4. The van der Waals surface area contributed by atoms with Crippen LogP contribution in [0.5, 0.6) is 5.75 Å². The van der Waals surface area contributed by atoms with Gasteiger partial charge in [0.2, 0.25) is 0 Å². The number of anilines is 1. The second-order valence-corrected chi connectivity index (χ2v) is 8.11. The number of nitrogens with one attached hydrogen (secondary N) is 1. The summed E-state index contributed by atoms with van der Waals surface area (Å²) in [6, 6.07) is 8.41. The Labute approximate surface area is 159 Å². The molecule has 1 atom stereocenters. The highest BCUT2D eigenvalue weighted by Crippen LogP contribution is 2.36. The van der Waals surface area contributed by atoms with E-state index in [1.165, 1.54) is 37.3 Å². The number of ether oxygens (including phenoxy) is 1. The lowest BCUT2D eigenvalue weighted by Gasteiger charge is -2.16. The second-order valence-electron chi connectivity index (χ2n) is 5.69. The summed E-state index contributed by atoms with van der Waals surface area (Å²) in [7, 11) is -3.36. The van der Waals surface area contributed by atoms with E-state index in [9.17, 15) is 26.4 Å². The molecule has 0 aliphatic carbocycles.